The third kappa shape index (κ3) is 5.41. The molecule has 186 valence electrons. The second-order valence-electron chi connectivity index (χ2n) is 8.02. The molecule has 0 saturated heterocycles. The Labute approximate surface area is 207 Å². The molecule has 0 aliphatic heterocycles. The number of Topliss-reactive ketones (excluding diaryl/α,β-unsaturated/α-hetero) is 3. The van der Waals surface area contributed by atoms with E-state index in [2.05, 4.69) is 5.32 Å². The Morgan fingerprint density at radius 2 is 1.47 bits per heavy atom. The number of carbonyl (C=O) groups is 5. The molecule has 0 unspecified atom stereocenters. The van der Waals surface area contributed by atoms with E-state index in [0.29, 0.717) is 16.8 Å². The Bertz CT molecular complexity index is 1330. The molecule has 0 bridgehead atoms. The van der Waals surface area contributed by atoms with Gasteiger partial charge in [-0.2, -0.15) is 0 Å². The highest BCUT2D eigenvalue weighted by molar-refractivity contribution is 6.23. The first-order chi connectivity index (χ1) is 17.1. The van der Waals surface area contributed by atoms with Gasteiger partial charge in [-0.3, -0.25) is 24.0 Å². The first-order valence-electron chi connectivity index (χ1n) is 10.9. The standard InChI is InChI=1S/C27H25NO8/c1-14-20(24(32)26(35-5)25(34-4)23(14)31)12-17-6-11-22(36-16(3)30)21(13-17)27(33)28-19-9-7-18(8-10-19)15(2)29/h6-11,13H,12H2,1-5H3,(H,28,33). The van der Waals surface area contributed by atoms with Gasteiger partial charge in [0.05, 0.1) is 19.8 Å². The summed E-state index contributed by atoms with van der Waals surface area (Å²) in [6, 6.07) is 10.8. The van der Waals surface area contributed by atoms with Crippen molar-refractivity contribution in [1.82, 2.24) is 0 Å². The maximum atomic E-state index is 13.1. The predicted octanol–water partition coefficient (Wildman–Crippen LogP) is 3.58. The molecule has 0 aromatic heterocycles. The van der Waals surface area contributed by atoms with E-state index in [0.717, 1.165) is 0 Å². The molecule has 1 N–H and O–H groups in total. The van der Waals surface area contributed by atoms with Crippen molar-refractivity contribution in [3.63, 3.8) is 0 Å². The molecule has 36 heavy (non-hydrogen) atoms. The van der Waals surface area contributed by atoms with Crippen LogP contribution in [0.4, 0.5) is 5.69 Å². The number of carbonyl (C=O) groups excluding carboxylic acids is 5. The maximum absolute atomic E-state index is 13.1. The molecular formula is C27H25NO8. The number of ketones is 3. The zero-order valence-electron chi connectivity index (χ0n) is 20.5. The van der Waals surface area contributed by atoms with Crippen molar-refractivity contribution in [3.05, 3.63) is 81.8 Å². The van der Waals surface area contributed by atoms with Crippen LogP contribution in [0.15, 0.2) is 65.1 Å². The lowest BCUT2D eigenvalue weighted by atomic mass is 9.88. The van der Waals surface area contributed by atoms with Crippen LogP contribution in [0.5, 0.6) is 5.75 Å². The molecule has 0 radical (unpaired) electrons. The summed E-state index contributed by atoms with van der Waals surface area (Å²) < 4.78 is 15.4. The van der Waals surface area contributed by atoms with Gasteiger partial charge in [-0.15, -0.1) is 0 Å². The molecule has 1 aliphatic carbocycles. The lowest BCUT2D eigenvalue weighted by molar-refractivity contribution is -0.131. The molecule has 0 fully saturated rings. The number of esters is 1. The quantitative estimate of drug-likeness (QED) is 0.257. The monoisotopic (exact) mass is 491 g/mol. The van der Waals surface area contributed by atoms with Gasteiger partial charge in [0, 0.05) is 35.7 Å². The summed E-state index contributed by atoms with van der Waals surface area (Å²) in [6.45, 7) is 4.17. The molecule has 1 aliphatic rings. The summed E-state index contributed by atoms with van der Waals surface area (Å²) >= 11 is 0. The zero-order chi connectivity index (χ0) is 26.6. The van der Waals surface area contributed by atoms with Gasteiger partial charge in [-0.1, -0.05) is 6.07 Å². The second kappa shape index (κ2) is 10.8. The number of hydrogen-bond donors (Lipinski definition) is 1. The van der Waals surface area contributed by atoms with Crippen molar-refractivity contribution >= 4 is 34.9 Å². The lowest BCUT2D eigenvalue weighted by Gasteiger charge is -2.20. The molecule has 9 nitrogen and oxygen atoms in total. The summed E-state index contributed by atoms with van der Waals surface area (Å²) in [5.41, 5.74) is 1.90. The summed E-state index contributed by atoms with van der Waals surface area (Å²) in [6.07, 6.45) is 0.0220. The topological polar surface area (TPSA) is 125 Å². The van der Waals surface area contributed by atoms with Gasteiger partial charge in [0.25, 0.3) is 5.91 Å². The smallest absolute Gasteiger partial charge is 0.308 e. The van der Waals surface area contributed by atoms with Crippen LogP contribution in [0, 0.1) is 0 Å². The molecule has 9 heteroatoms. The third-order valence-corrected chi connectivity index (χ3v) is 5.57. The van der Waals surface area contributed by atoms with E-state index in [-0.39, 0.29) is 46.2 Å². The van der Waals surface area contributed by atoms with Crippen LogP contribution in [0.25, 0.3) is 0 Å². The predicted molar refractivity (Wildman–Crippen MR) is 130 cm³/mol. The largest absolute Gasteiger partial charge is 0.489 e. The number of methoxy groups -OCH3 is 2. The summed E-state index contributed by atoms with van der Waals surface area (Å²) in [5, 5.41) is 2.70. The zero-order valence-corrected chi connectivity index (χ0v) is 20.5. The van der Waals surface area contributed by atoms with E-state index >= 15 is 0 Å². The van der Waals surface area contributed by atoms with Crippen LogP contribution >= 0.6 is 0 Å². The van der Waals surface area contributed by atoms with E-state index in [1.54, 1.807) is 30.3 Å². The Hall–Kier alpha value is -4.53. The third-order valence-electron chi connectivity index (χ3n) is 5.57. The van der Waals surface area contributed by atoms with Crippen LogP contribution in [0.3, 0.4) is 0 Å². The SMILES string of the molecule is COC1=C(OC)C(=O)C(Cc2ccc(OC(C)=O)c(C(=O)Nc3ccc(C(C)=O)cc3)c2)=C(C)C1=O. The number of benzene rings is 2. The van der Waals surface area contributed by atoms with Crippen LogP contribution in [0.1, 0.15) is 47.1 Å². The molecule has 3 rings (SSSR count). The number of nitrogens with one attached hydrogen (secondary N) is 1. The Balaban J connectivity index is 1.95. The van der Waals surface area contributed by atoms with Crippen molar-refractivity contribution in [2.45, 2.75) is 27.2 Å². The Kier molecular flexibility index (Phi) is 7.83. The van der Waals surface area contributed by atoms with Gasteiger partial charge in [0.1, 0.15) is 5.75 Å². The highest BCUT2D eigenvalue weighted by atomic mass is 16.5. The minimum atomic E-state index is -0.615. The average molecular weight is 491 g/mol. The van der Waals surface area contributed by atoms with Gasteiger partial charge in [0.2, 0.25) is 23.1 Å². The van der Waals surface area contributed by atoms with Crippen LogP contribution in [0.2, 0.25) is 0 Å². The van der Waals surface area contributed by atoms with Crippen molar-refractivity contribution in [2.75, 3.05) is 19.5 Å². The van der Waals surface area contributed by atoms with Gasteiger partial charge >= 0.3 is 5.97 Å². The fourth-order valence-electron chi connectivity index (χ4n) is 3.70. The van der Waals surface area contributed by atoms with Crippen LogP contribution in [-0.4, -0.2) is 43.4 Å². The fourth-order valence-corrected chi connectivity index (χ4v) is 3.70. The second-order valence-corrected chi connectivity index (χ2v) is 8.02. The summed E-state index contributed by atoms with van der Waals surface area (Å²) in [7, 11) is 2.56. The van der Waals surface area contributed by atoms with Gasteiger partial charge in [-0.25, -0.2) is 0 Å². The van der Waals surface area contributed by atoms with Crippen molar-refractivity contribution in [2.24, 2.45) is 0 Å². The molecule has 0 atom stereocenters. The van der Waals surface area contributed by atoms with Crippen LogP contribution in [-0.2, 0) is 30.3 Å². The molecule has 0 saturated carbocycles. The highest BCUT2D eigenvalue weighted by Crippen LogP contribution is 2.30. The number of allylic oxidation sites excluding steroid dienone is 2. The van der Waals surface area contributed by atoms with Crippen molar-refractivity contribution in [3.8, 4) is 5.75 Å². The van der Waals surface area contributed by atoms with Gasteiger partial charge in [-0.05, 0) is 55.8 Å². The van der Waals surface area contributed by atoms with Crippen LogP contribution < -0.4 is 10.1 Å². The Morgan fingerprint density at radius 3 is 2.03 bits per heavy atom. The van der Waals surface area contributed by atoms with E-state index in [9.17, 15) is 24.0 Å². The fraction of sp³-hybridized carbons (Fsp3) is 0.222. The number of anilines is 1. The maximum Gasteiger partial charge on any atom is 0.308 e. The van der Waals surface area contributed by atoms with E-state index in [4.69, 9.17) is 14.2 Å². The Morgan fingerprint density at radius 1 is 0.861 bits per heavy atom. The molecule has 2 aromatic rings. The number of hydrogen-bond acceptors (Lipinski definition) is 8. The molecule has 1 amide bonds. The molecular weight excluding hydrogens is 466 g/mol. The minimum Gasteiger partial charge on any atom is -0.489 e. The van der Waals surface area contributed by atoms with Crippen molar-refractivity contribution < 1.29 is 38.2 Å². The van der Waals surface area contributed by atoms with E-state index in [1.807, 2.05) is 0 Å². The average Bonchev–Trinajstić information content (AvgIpc) is 2.84. The number of ether oxygens (including phenoxy) is 3. The lowest BCUT2D eigenvalue weighted by Crippen LogP contribution is -2.26. The summed E-state index contributed by atoms with van der Waals surface area (Å²) in [4.78, 5) is 61.8. The number of rotatable bonds is 8. The van der Waals surface area contributed by atoms with Gasteiger partial charge < -0.3 is 19.5 Å². The molecule has 0 spiro atoms. The van der Waals surface area contributed by atoms with Gasteiger partial charge in [0.15, 0.2) is 5.78 Å². The van der Waals surface area contributed by atoms with E-state index < -0.39 is 23.4 Å². The van der Waals surface area contributed by atoms with Crippen molar-refractivity contribution in [1.29, 1.82) is 0 Å². The molecule has 2 aromatic carbocycles. The number of amides is 1. The minimum absolute atomic E-state index is 0.0220. The molecule has 0 heterocycles. The first kappa shape index (κ1) is 26.1. The summed E-state index contributed by atoms with van der Waals surface area (Å²) in [5.74, 6) is -2.58. The highest BCUT2D eigenvalue weighted by Gasteiger charge is 2.34. The van der Waals surface area contributed by atoms with E-state index in [1.165, 1.54) is 47.1 Å². The normalized spacial score (nSPS) is 13.5. The first-order valence-corrected chi connectivity index (χ1v) is 10.9.